The number of carboxylic acid groups (broad SMARTS) is 1. The van der Waals surface area contributed by atoms with Gasteiger partial charge < -0.3 is 5.11 Å². The highest BCUT2D eigenvalue weighted by Gasteiger charge is 2.66. The molecule has 17 heavy (non-hydrogen) atoms. The van der Waals surface area contributed by atoms with E-state index in [2.05, 4.69) is 20.5 Å². The van der Waals surface area contributed by atoms with Crippen molar-refractivity contribution >= 4 is 17.8 Å². The Hall–Kier alpha value is -1.92. The molecule has 2 rings (SSSR count). The Balaban J connectivity index is 2.05. The lowest BCUT2D eigenvalue weighted by atomic mass is 10.1. The van der Waals surface area contributed by atoms with Crippen molar-refractivity contribution in [2.24, 2.45) is 17.3 Å². The van der Waals surface area contributed by atoms with Gasteiger partial charge in [0.15, 0.2) is 0 Å². The zero-order chi connectivity index (χ0) is 12.8. The molecular weight excluding hydrogens is 224 g/mol. The van der Waals surface area contributed by atoms with Gasteiger partial charge in [-0.05, 0) is 12.3 Å². The first-order chi connectivity index (χ1) is 7.84. The number of carboxylic acids is 1. The molecule has 7 heteroatoms. The van der Waals surface area contributed by atoms with Gasteiger partial charge in [-0.3, -0.25) is 20.0 Å². The van der Waals surface area contributed by atoms with Crippen LogP contribution < -0.4 is 5.32 Å². The number of hydrogen-bond acceptors (Lipinski definition) is 4. The van der Waals surface area contributed by atoms with E-state index in [-0.39, 0.29) is 11.9 Å². The lowest BCUT2D eigenvalue weighted by Crippen LogP contribution is -2.18. The third-order valence-electron chi connectivity index (χ3n) is 3.21. The topological polar surface area (TPSA) is 108 Å². The van der Waals surface area contributed by atoms with Crippen molar-refractivity contribution in [1.82, 2.24) is 15.2 Å². The van der Waals surface area contributed by atoms with Gasteiger partial charge in [-0.25, -0.2) is 0 Å². The molecule has 1 aliphatic carbocycles. The molecule has 3 N–H and O–H groups in total. The summed E-state index contributed by atoms with van der Waals surface area (Å²) in [6.45, 7) is 5.24. The molecular formula is C10H14N4O3. The normalized spacial score (nSPS) is 25.4. The summed E-state index contributed by atoms with van der Waals surface area (Å²) < 4.78 is 0. The average molecular weight is 238 g/mol. The number of nitrogens with one attached hydrogen (secondary N) is 2. The molecule has 0 bridgehead atoms. The first-order valence-electron chi connectivity index (χ1n) is 5.26. The quantitative estimate of drug-likeness (QED) is 0.706. The molecule has 0 aliphatic heterocycles. The molecule has 0 radical (unpaired) electrons. The number of hydrogen-bond donors (Lipinski definition) is 3. The molecule has 0 aromatic carbocycles. The van der Waals surface area contributed by atoms with Crippen LogP contribution in [0.3, 0.4) is 0 Å². The van der Waals surface area contributed by atoms with Crippen LogP contribution in [-0.2, 0) is 9.59 Å². The van der Waals surface area contributed by atoms with E-state index < -0.39 is 23.2 Å². The predicted octanol–water partition coefficient (Wildman–Crippen LogP) is 0.408. The Kier molecular flexibility index (Phi) is 2.41. The number of H-pyrrole nitrogens is 1. The number of carbonyl (C=O) groups excluding carboxylic acids is 1. The monoisotopic (exact) mass is 238 g/mol. The van der Waals surface area contributed by atoms with Crippen molar-refractivity contribution in [3.63, 3.8) is 0 Å². The van der Waals surface area contributed by atoms with Gasteiger partial charge in [-0.1, -0.05) is 13.8 Å². The zero-order valence-electron chi connectivity index (χ0n) is 9.81. The molecule has 1 amide bonds. The number of aromatic nitrogens is 3. The number of nitrogens with zero attached hydrogens (tertiary/aromatic N) is 2. The molecule has 1 fully saturated rings. The van der Waals surface area contributed by atoms with Crippen LogP contribution >= 0.6 is 0 Å². The SMILES string of the molecule is Cc1nc(NC(=O)[C@H]2[C@@H](C(=O)O)C2(C)C)n[nH]1. The molecule has 0 unspecified atom stereocenters. The van der Waals surface area contributed by atoms with E-state index in [0.29, 0.717) is 5.82 Å². The van der Waals surface area contributed by atoms with Crippen molar-refractivity contribution in [3.8, 4) is 0 Å². The van der Waals surface area contributed by atoms with Crippen LogP contribution in [0.25, 0.3) is 0 Å². The van der Waals surface area contributed by atoms with E-state index in [1.807, 2.05) is 0 Å². The number of aryl methyl sites for hydroxylation is 1. The van der Waals surface area contributed by atoms with Crippen LogP contribution in [0, 0.1) is 24.2 Å². The molecule has 1 aromatic heterocycles. The van der Waals surface area contributed by atoms with Gasteiger partial charge in [0.1, 0.15) is 5.82 Å². The second-order valence-corrected chi connectivity index (χ2v) is 4.85. The molecule has 7 nitrogen and oxygen atoms in total. The Morgan fingerprint density at radius 3 is 2.47 bits per heavy atom. The van der Waals surface area contributed by atoms with E-state index in [1.54, 1.807) is 20.8 Å². The maximum absolute atomic E-state index is 11.8. The summed E-state index contributed by atoms with van der Waals surface area (Å²) in [5.41, 5.74) is -0.513. The summed E-state index contributed by atoms with van der Waals surface area (Å²) in [5, 5.41) is 17.8. The highest BCUT2D eigenvalue weighted by Crippen LogP contribution is 2.58. The summed E-state index contributed by atoms with van der Waals surface area (Å²) >= 11 is 0. The Morgan fingerprint density at radius 2 is 2.06 bits per heavy atom. The minimum Gasteiger partial charge on any atom is -0.481 e. The van der Waals surface area contributed by atoms with Crippen molar-refractivity contribution < 1.29 is 14.7 Å². The van der Waals surface area contributed by atoms with Gasteiger partial charge in [0, 0.05) is 0 Å². The standard InChI is InChI=1S/C10H14N4O3/c1-4-11-9(14-13-4)12-7(15)5-6(8(16)17)10(5,2)3/h5-6H,1-3H3,(H,16,17)(H2,11,12,13,14,15)/t5-,6+/m1/s1. The summed E-state index contributed by atoms with van der Waals surface area (Å²) in [7, 11) is 0. The predicted molar refractivity (Wildman–Crippen MR) is 58.1 cm³/mol. The van der Waals surface area contributed by atoms with Crippen LogP contribution in [-0.4, -0.2) is 32.2 Å². The Labute approximate surface area is 97.6 Å². The largest absolute Gasteiger partial charge is 0.481 e. The van der Waals surface area contributed by atoms with E-state index in [4.69, 9.17) is 5.11 Å². The smallest absolute Gasteiger partial charge is 0.307 e. The third-order valence-corrected chi connectivity index (χ3v) is 3.21. The minimum absolute atomic E-state index is 0.180. The third kappa shape index (κ3) is 1.88. The summed E-state index contributed by atoms with van der Waals surface area (Å²) in [6, 6.07) is 0. The molecule has 92 valence electrons. The molecule has 1 aromatic rings. The van der Waals surface area contributed by atoms with E-state index in [9.17, 15) is 9.59 Å². The van der Waals surface area contributed by atoms with Gasteiger partial charge in [0.05, 0.1) is 11.8 Å². The molecule has 0 saturated heterocycles. The second kappa shape index (κ2) is 3.54. The summed E-state index contributed by atoms with van der Waals surface area (Å²) in [6.07, 6.45) is 0. The minimum atomic E-state index is -0.943. The zero-order valence-corrected chi connectivity index (χ0v) is 9.81. The van der Waals surface area contributed by atoms with Gasteiger partial charge >= 0.3 is 5.97 Å². The van der Waals surface area contributed by atoms with Crippen molar-refractivity contribution in [2.45, 2.75) is 20.8 Å². The van der Waals surface area contributed by atoms with E-state index in [0.717, 1.165) is 0 Å². The van der Waals surface area contributed by atoms with Crippen molar-refractivity contribution in [1.29, 1.82) is 0 Å². The highest BCUT2D eigenvalue weighted by molar-refractivity contribution is 5.98. The fraction of sp³-hybridized carbons (Fsp3) is 0.600. The first kappa shape index (κ1) is 11.6. The van der Waals surface area contributed by atoms with Gasteiger partial charge in [0.25, 0.3) is 0 Å². The number of amides is 1. The number of aliphatic carboxylic acids is 1. The molecule has 0 spiro atoms. The lowest BCUT2D eigenvalue weighted by molar-refractivity contribution is -0.140. The highest BCUT2D eigenvalue weighted by atomic mass is 16.4. The Morgan fingerprint density at radius 1 is 1.41 bits per heavy atom. The van der Waals surface area contributed by atoms with Crippen LogP contribution in [0.5, 0.6) is 0 Å². The number of carbonyl (C=O) groups is 2. The van der Waals surface area contributed by atoms with Gasteiger partial charge in [-0.15, -0.1) is 5.10 Å². The average Bonchev–Trinajstić information content (AvgIpc) is 2.54. The van der Waals surface area contributed by atoms with E-state index in [1.165, 1.54) is 0 Å². The van der Waals surface area contributed by atoms with Crippen LogP contribution in [0.4, 0.5) is 5.95 Å². The molecule has 1 saturated carbocycles. The number of rotatable bonds is 3. The van der Waals surface area contributed by atoms with Gasteiger partial charge in [0.2, 0.25) is 11.9 Å². The number of aromatic amines is 1. The van der Waals surface area contributed by atoms with Crippen LogP contribution in [0.2, 0.25) is 0 Å². The Bertz CT molecular complexity index is 480. The first-order valence-corrected chi connectivity index (χ1v) is 5.26. The molecule has 1 heterocycles. The fourth-order valence-electron chi connectivity index (χ4n) is 2.17. The maximum atomic E-state index is 11.8. The number of anilines is 1. The van der Waals surface area contributed by atoms with Crippen molar-refractivity contribution in [3.05, 3.63) is 5.82 Å². The summed E-state index contributed by atoms with van der Waals surface area (Å²) in [5.74, 6) is -1.69. The van der Waals surface area contributed by atoms with E-state index >= 15 is 0 Å². The molecule has 1 aliphatic rings. The summed E-state index contributed by atoms with van der Waals surface area (Å²) in [4.78, 5) is 26.7. The maximum Gasteiger partial charge on any atom is 0.307 e. The van der Waals surface area contributed by atoms with Crippen LogP contribution in [0.15, 0.2) is 0 Å². The van der Waals surface area contributed by atoms with Gasteiger partial charge in [-0.2, -0.15) is 4.98 Å². The molecule has 2 atom stereocenters. The van der Waals surface area contributed by atoms with Crippen LogP contribution in [0.1, 0.15) is 19.7 Å². The second-order valence-electron chi connectivity index (χ2n) is 4.85. The fourth-order valence-corrected chi connectivity index (χ4v) is 2.17. The lowest BCUT2D eigenvalue weighted by Gasteiger charge is -2.01. The van der Waals surface area contributed by atoms with Crippen molar-refractivity contribution in [2.75, 3.05) is 5.32 Å².